The summed E-state index contributed by atoms with van der Waals surface area (Å²) in [5.41, 5.74) is 3.02. The Hall–Kier alpha value is -2.73. The molecule has 27 heavy (non-hydrogen) atoms. The van der Waals surface area contributed by atoms with Gasteiger partial charge in [0.15, 0.2) is 5.96 Å². The van der Waals surface area contributed by atoms with Gasteiger partial charge in [-0.25, -0.2) is 4.99 Å². The Balaban J connectivity index is 2.04. The topological polar surface area (TPSA) is 75.1 Å². The summed E-state index contributed by atoms with van der Waals surface area (Å²) in [4.78, 5) is 4.58. The molecule has 0 amide bonds. The first kappa shape index (κ1) is 20.6. The highest BCUT2D eigenvalue weighted by Gasteiger charge is 2.15. The van der Waals surface area contributed by atoms with Gasteiger partial charge in [-0.2, -0.15) is 0 Å². The van der Waals surface area contributed by atoms with E-state index >= 15 is 0 Å². The van der Waals surface area contributed by atoms with Crippen molar-refractivity contribution in [2.45, 2.75) is 26.5 Å². The quantitative estimate of drug-likeness (QED) is 0.491. The second-order valence-electron chi connectivity index (χ2n) is 6.19. The van der Waals surface area contributed by atoms with E-state index in [-0.39, 0.29) is 0 Å². The molecule has 3 N–H and O–H groups in total. The van der Waals surface area contributed by atoms with Crippen LogP contribution in [0.2, 0.25) is 0 Å². The van der Waals surface area contributed by atoms with E-state index < -0.39 is 6.10 Å². The summed E-state index contributed by atoms with van der Waals surface area (Å²) in [6.45, 7) is 5.66. The molecule has 146 valence electrons. The Labute approximate surface area is 161 Å². The number of aliphatic imine (C=N–C) groups is 1. The third-order valence-corrected chi connectivity index (χ3v) is 4.14. The molecular weight excluding hydrogens is 342 g/mol. The Bertz CT molecular complexity index is 745. The molecule has 0 radical (unpaired) electrons. The van der Waals surface area contributed by atoms with Crippen molar-refractivity contribution in [2.75, 3.05) is 27.3 Å². The first-order chi connectivity index (χ1) is 13.1. The molecule has 1 unspecified atom stereocenters. The van der Waals surface area contributed by atoms with Gasteiger partial charge in [0.05, 0.1) is 26.9 Å². The summed E-state index contributed by atoms with van der Waals surface area (Å²) in [7, 11) is 3.18. The Morgan fingerprint density at radius 1 is 1.07 bits per heavy atom. The maximum atomic E-state index is 10.6. The van der Waals surface area contributed by atoms with Gasteiger partial charge in [0.25, 0.3) is 0 Å². The van der Waals surface area contributed by atoms with Crippen molar-refractivity contribution in [2.24, 2.45) is 4.99 Å². The number of aryl methyl sites for hydroxylation is 1. The number of benzene rings is 2. The van der Waals surface area contributed by atoms with E-state index in [1.165, 1.54) is 5.56 Å². The molecule has 0 heterocycles. The second kappa shape index (κ2) is 10.4. The number of guanidine groups is 1. The molecule has 0 aliphatic heterocycles. The lowest BCUT2D eigenvalue weighted by Gasteiger charge is -2.18. The minimum absolute atomic E-state index is 0.295. The lowest BCUT2D eigenvalue weighted by molar-refractivity contribution is 0.176. The lowest BCUT2D eigenvalue weighted by Crippen LogP contribution is -2.39. The largest absolute Gasteiger partial charge is 0.497 e. The van der Waals surface area contributed by atoms with Crippen LogP contribution in [0.3, 0.4) is 0 Å². The zero-order chi connectivity index (χ0) is 19.6. The summed E-state index contributed by atoms with van der Waals surface area (Å²) in [5, 5.41) is 17.0. The minimum Gasteiger partial charge on any atom is -0.497 e. The number of ether oxygens (including phenoxy) is 2. The summed E-state index contributed by atoms with van der Waals surface area (Å²) in [6, 6.07) is 13.6. The van der Waals surface area contributed by atoms with Crippen LogP contribution in [0.25, 0.3) is 0 Å². The standard InChI is InChI=1S/C21H29N3O3/c1-5-22-21(23-13-16-8-6-15(2)7-9-16)24-14-19(25)18-12-17(26-3)10-11-20(18)27-4/h6-12,19,25H,5,13-14H2,1-4H3,(H2,22,23,24). The molecule has 0 aliphatic carbocycles. The van der Waals surface area contributed by atoms with Crippen LogP contribution >= 0.6 is 0 Å². The number of rotatable bonds is 8. The van der Waals surface area contributed by atoms with E-state index in [1.807, 2.05) is 6.92 Å². The molecule has 0 saturated heterocycles. The average molecular weight is 371 g/mol. The van der Waals surface area contributed by atoms with E-state index in [0.717, 1.165) is 12.1 Å². The monoisotopic (exact) mass is 371 g/mol. The van der Waals surface area contributed by atoms with Crippen molar-refractivity contribution in [1.29, 1.82) is 0 Å². The van der Waals surface area contributed by atoms with Gasteiger partial charge in [-0.15, -0.1) is 0 Å². The average Bonchev–Trinajstić information content (AvgIpc) is 2.70. The number of nitrogens with one attached hydrogen (secondary N) is 2. The first-order valence-electron chi connectivity index (χ1n) is 9.05. The van der Waals surface area contributed by atoms with Gasteiger partial charge in [-0.05, 0) is 37.6 Å². The number of hydrogen-bond donors (Lipinski definition) is 3. The van der Waals surface area contributed by atoms with E-state index in [9.17, 15) is 5.11 Å². The van der Waals surface area contributed by atoms with Crippen molar-refractivity contribution < 1.29 is 14.6 Å². The molecule has 0 aromatic heterocycles. The normalized spacial score (nSPS) is 12.4. The van der Waals surface area contributed by atoms with Crippen molar-refractivity contribution in [3.05, 3.63) is 59.2 Å². The van der Waals surface area contributed by atoms with Crippen molar-refractivity contribution >= 4 is 5.96 Å². The fourth-order valence-corrected chi connectivity index (χ4v) is 2.61. The van der Waals surface area contributed by atoms with Crippen LogP contribution in [0.4, 0.5) is 0 Å². The van der Waals surface area contributed by atoms with E-state index in [1.54, 1.807) is 32.4 Å². The van der Waals surface area contributed by atoms with Crippen LogP contribution in [0.5, 0.6) is 11.5 Å². The van der Waals surface area contributed by atoms with Crippen LogP contribution in [-0.2, 0) is 6.54 Å². The van der Waals surface area contributed by atoms with E-state index in [2.05, 4.69) is 46.8 Å². The Morgan fingerprint density at radius 3 is 2.44 bits per heavy atom. The summed E-state index contributed by atoms with van der Waals surface area (Å²) < 4.78 is 10.6. The van der Waals surface area contributed by atoms with E-state index in [4.69, 9.17) is 9.47 Å². The number of hydrogen-bond acceptors (Lipinski definition) is 4. The van der Waals surface area contributed by atoms with Crippen LogP contribution in [0.15, 0.2) is 47.5 Å². The van der Waals surface area contributed by atoms with Crippen LogP contribution in [0, 0.1) is 6.92 Å². The zero-order valence-electron chi connectivity index (χ0n) is 16.5. The van der Waals surface area contributed by atoms with Gasteiger partial charge >= 0.3 is 0 Å². The third-order valence-electron chi connectivity index (χ3n) is 4.14. The fourth-order valence-electron chi connectivity index (χ4n) is 2.61. The molecule has 6 nitrogen and oxygen atoms in total. The summed E-state index contributed by atoms with van der Waals surface area (Å²) in [6.07, 6.45) is -0.765. The molecule has 0 spiro atoms. The van der Waals surface area contributed by atoms with Crippen LogP contribution < -0.4 is 20.1 Å². The predicted molar refractivity (Wildman–Crippen MR) is 109 cm³/mol. The maximum absolute atomic E-state index is 10.6. The predicted octanol–water partition coefficient (Wildman–Crippen LogP) is 2.80. The molecule has 0 fully saturated rings. The van der Waals surface area contributed by atoms with Gasteiger partial charge in [-0.3, -0.25) is 0 Å². The van der Waals surface area contributed by atoms with Crippen molar-refractivity contribution in [3.8, 4) is 11.5 Å². The van der Waals surface area contributed by atoms with Gasteiger partial charge in [0, 0.05) is 18.7 Å². The highest BCUT2D eigenvalue weighted by Crippen LogP contribution is 2.29. The fraction of sp³-hybridized carbons (Fsp3) is 0.381. The number of nitrogens with zero attached hydrogens (tertiary/aromatic N) is 1. The lowest BCUT2D eigenvalue weighted by atomic mass is 10.1. The second-order valence-corrected chi connectivity index (χ2v) is 6.19. The number of aliphatic hydroxyl groups is 1. The summed E-state index contributed by atoms with van der Waals surface area (Å²) >= 11 is 0. The minimum atomic E-state index is -0.765. The maximum Gasteiger partial charge on any atom is 0.191 e. The molecule has 2 rings (SSSR count). The highest BCUT2D eigenvalue weighted by molar-refractivity contribution is 5.79. The Kier molecular flexibility index (Phi) is 7.95. The Morgan fingerprint density at radius 2 is 1.81 bits per heavy atom. The van der Waals surface area contributed by atoms with Gasteiger partial charge in [-0.1, -0.05) is 29.8 Å². The van der Waals surface area contributed by atoms with Gasteiger partial charge in [0.2, 0.25) is 0 Å². The summed E-state index contributed by atoms with van der Waals surface area (Å²) in [5.74, 6) is 1.94. The molecule has 2 aromatic carbocycles. The SMILES string of the molecule is CCNC(=NCc1ccc(C)cc1)NCC(O)c1cc(OC)ccc1OC. The molecule has 0 saturated carbocycles. The smallest absolute Gasteiger partial charge is 0.191 e. The molecule has 6 heteroatoms. The van der Waals surface area contributed by atoms with Crippen molar-refractivity contribution in [1.82, 2.24) is 10.6 Å². The molecular formula is C21H29N3O3. The van der Waals surface area contributed by atoms with Crippen LogP contribution in [0.1, 0.15) is 29.7 Å². The van der Waals surface area contributed by atoms with Crippen LogP contribution in [-0.4, -0.2) is 38.4 Å². The number of methoxy groups -OCH3 is 2. The van der Waals surface area contributed by atoms with E-state index in [0.29, 0.717) is 36.1 Å². The van der Waals surface area contributed by atoms with Crippen molar-refractivity contribution in [3.63, 3.8) is 0 Å². The van der Waals surface area contributed by atoms with Gasteiger partial charge < -0.3 is 25.2 Å². The number of aliphatic hydroxyl groups excluding tert-OH is 1. The zero-order valence-corrected chi connectivity index (χ0v) is 16.5. The first-order valence-corrected chi connectivity index (χ1v) is 9.05. The molecule has 0 aliphatic rings. The highest BCUT2D eigenvalue weighted by atomic mass is 16.5. The molecule has 2 aromatic rings. The van der Waals surface area contributed by atoms with Gasteiger partial charge in [0.1, 0.15) is 11.5 Å². The molecule has 0 bridgehead atoms. The third kappa shape index (κ3) is 6.18. The molecule has 1 atom stereocenters.